The largest absolute Gasteiger partial charge is 0.256 e. The van der Waals surface area contributed by atoms with Gasteiger partial charge in [0.15, 0.2) is 0 Å². The molecule has 0 amide bonds. The maximum Gasteiger partial charge on any atom is 0.0704 e. The smallest absolute Gasteiger partial charge is 0.0704 e. The van der Waals surface area contributed by atoms with Crippen LogP contribution in [0.3, 0.4) is 0 Å². The number of hydrogen-bond acceptors (Lipinski definition) is 1. The molecule has 1 heteroatoms. The minimum absolute atomic E-state index is 1.04. The van der Waals surface area contributed by atoms with Crippen LogP contribution in [-0.2, 0) is 6.42 Å². The van der Waals surface area contributed by atoms with Crippen LogP contribution in [0, 0.1) is 0 Å². The van der Waals surface area contributed by atoms with E-state index in [1.165, 1.54) is 22.3 Å². The number of pyridine rings is 1. The Kier molecular flexibility index (Phi) is 3.60. The molecule has 0 N–H and O–H groups in total. The van der Waals surface area contributed by atoms with Gasteiger partial charge in [-0.2, -0.15) is 0 Å². The quantitative estimate of drug-likeness (QED) is 0.646. The van der Waals surface area contributed by atoms with Gasteiger partial charge in [-0.05, 0) is 41.3 Å². The van der Waals surface area contributed by atoms with Gasteiger partial charge in [-0.15, -0.1) is 0 Å². The lowest BCUT2D eigenvalue weighted by atomic mass is 10.0. The highest BCUT2D eigenvalue weighted by molar-refractivity contribution is 5.71. The average molecular weight is 259 g/mol. The highest BCUT2D eigenvalue weighted by Gasteiger charge is 2.03. The van der Waals surface area contributed by atoms with Crippen LogP contribution in [0.1, 0.15) is 12.5 Å². The second-order valence-electron chi connectivity index (χ2n) is 4.85. The van der Waals surface area contributed by atoms with E-state index in [1.807, 2.05) is 12.3 Å². The van der Waals surface area contributed by atoms with Gasteiger partial charge in [0.2, 0.25) is 0 Å². The van der Waals surface area contributed by atoms with E-state index in [9.17, 15) is 0 Å². The molecule has 98 valence electrons. The predicted molar refractivity (Wildman–Crippen MR) is 84.5 cm³/mol. The Balaban J connectivity index is 2.03. The molecule has 3 aromatic rings. The van der Waals surface area contributed by atoms with Crippen LogP contribution in [0.5, 0.6) is 0 Å². The summed E-state index contributed by atoms with van der Waals surface area (Å²) in [6.45, 7) is 2.17. The van der Waals surface area contributed by atoms with E-state index >= 15 is 0 Å². The van der Waals surface area contributed by atoms with Gasteiger partial charge in [0.25, 0.3) is 0 Å². The summed E-state index contributed by atoms with van der Waals surface area (Å²) >= 11 is 0. The zero-order chi connectivity index (χ0) is 13.8. The van der Waals surface area contributed by atoms with Crippen LogP contribution in [-0.4, -0.2) is 4.98 Å². The third-order valence-corrected chi connectivity index (χ3v) is 3.50. The molecule has 0 aliphatic carbocycles. The Bertz CT molecular complexity index is 702. The van der Waals surface area contributed by atoms with Crippen molar-refractivity contribution in [1.29, 1.82) is 0 Å². The number of aryl methyl sites for hydroxylation is 1. The molecular formula is C19H17N. The summed E-state index contributed by atoms with van der Waals surface area (Å²) in [5.41, 5.74) is 6.00. The Morgan fingerprint density at radius 3 is 2.30 bits per heavy atom. The van der Waals surface area contributed by atoms with Crippen molar-refractivity contribution in [3.05, 3.63) is 78.5 Å². The zero-order valence-corrected chi connectivity index (χ0v) is 11.6. The molecule has 0 bridgehead atoms. The minimum atomic E-state index is 1.04. The third-order valence-electron chi connectivity index (χ3n) is 3.50. The molecule has 2 aromatic carbocycles. The van der Waals surface area contributed by atoms with E-state index in [-0.39, 0.29) is 0 Å². The second-order valence-corrected chi connectivity index (χ2v) is 4.85. The zero-order valence-electron chi connectivity index (χ0n) is 11.6. The highest BCUT2D eigenvalue weighted by Crippen LogP contribution is 2.25. The van der Waals surface area contributed by atoms with E-state index in [0.29, 0.717) is 0 Å². The number of benzene rings is 2. The van der Waals surface area contributed by atoms with E-state index < -0.39 is 0 Å². The first-order valence-electron chi connectivity index (χ1n) is 6.97. The molecule has 0 spiro atoms. The van der Waals surface area contributed by atoms with Crippen molar-refractivity contribution in [2.75, 3.05) is 0 Å². The molecule has 20 heavy (non-hydrogen) atoms. The Morgan fingerprint density at radius 1 is 0.750 bits per heavy atom. The maximum atomic E-state index is 4.49. The summed E-state index contributed by atoms with van der Waals surface area (Å²) in [5, 5.41) is 0. The average Bonchev–Trinajstić information content (AvgIpc) is 2.56. The lowest BCUT2D eigenvalue weighted by Gasteiger charge is -2.06. The van der Waals surface area contributed by atoms with Gasteiger partial charge in [0, 0.05) is 11.8 Å². The van der Waals surface area contributed by atoms with Crippen LogP contribution in [0.2, 0.25) is 0 Å². The normalized spacial score (nSPS) is 10.4. The fourth-order valence-electron chi connectivity index (χ4n) is 2.34. The van der Waals surface area contributed by atoms with Crippen LogP contribution < -0.4 is 0 Å². The summed E-state index contributed by atoms with van der Waals surface area (Å²) in [4.78, 5) is 4.49. The Labute approximate surface area is 119 Å². The van der Waals surface area contributed by atoms with Gasteiger partial charge in [0.1, 0.15) is 0 Å². The molecule has 1 aromatic heterocycles. The second kappa shape index (κ2) is 5.70. The predicted octanol–water partition coefficient (Wildman–Crippen LogP) is 4.98. The van der Waals surface area contributed by atoms with Crippen LogP contribution >= 0.6 is 0 Å². The molecule has 0 saturated carbocycles. The lowest BCUT2D eigenvalue weighted by Crippen LogP contribution is -1.87. The lowest BCUT2D eigenvalue weighted by molar-refractivity contribution is 1.12. The van der Waals surface area contributed by atoms with Gasteiger partial charge in [-0.25, -0.2) is 0 Å². The standard InChI is InChI=1S/C19H17N/c1-2-15-11-12-20-19(13-15)18-10-6-9-17(14-18)16-7-4-3-5-8-16/h3-14H,2H2,1H3. The number of nitrogens with zero attached hydrogens (tertiary/aromatic N) is 1. The summed E-state index contributed by atoms with van der Waals surface area (Å²) in [5.74, 6) is 0. The molecule has 0 saturated heterocycles. The first kappa shape index (κ1) is 12.6. The first-order chi connectivity index (χ1) is 9.86. The third kappa shape index (κ3) is 2.62. The number of aromatic nitrogens is 1. The van der Waals surface area contributed by atoms with Crippen molar-refractivity contribution in [2.45, 2.75) is 13.3 Å². The molecule has 0 aliphatic heterocycles. The molecule has 1 heterocycles. The number of rotatable bonds is 3. The molecule has 0 unspecified atom stereocenters. The highest BCUT2D eigenvalue weighted by atomic mass is 14.7. The molecule has 0 atom stereocenters. The fourth-order valence-corrected chi connectivity index (χ4v) is 2.34. The van der Waals surface area contributed by atoms with Crippen LogP contribution in [0.4, 0.5) is 0 Å². The van der Waals surface area contributed by atoms with E-state index in [2.05, 4.69) is 72.6 Å². The topological polar surface area (TPSA) is 12.9 Å². The van der Waals surface area contributed by atoms with Crippen LogP contribution in [0.15, 0.2) is 72.9 Å². The van der Waals surface area contributed by atoms with Gasteiger partial charge >= 0.3 is 0 Å². The van der Waals surface area contributed by atoms with Crippen LogP contribution in [0.25, 0.3) is 22.4 Å². The molecular weight excluding hydrogens is 242 g/mol. The molecule has 3 rings (SSSR count). The molecule has 0 aliphatic rings. The molecule has 0 radical (unpaired) electrons. The van der Waals surface area contributed by atoms with Crippen molar-refractivity contribution in [2.24, 2.45) is 0 Å². The summed E-state index contributed by atoms with van der Waals surface area (Å²) in [7, 11) is 0. The van der Waals surface area contributed by atoms with E-state index in [1.54, 1.807) is 0 Å². The summed E-state index contributed by atoms with van der Waals surface area (Å²) in [6, 6.07) is 23.3. The van der Waals surface area contributed by atoms with Crippen molar-refractivity contribution >= 4 is 0 Å². The number of hydrogen-bond donors (Lipinski definition) is 0. The van der Waals surface area contributed by atoms with Gasteiger partial charge in [0.05, 0.1) is 5.69 Å². The SMILES string of the molecule is CCc1ccnc(-c2cccc(-c3ccccc3)c2)c1. The summed E-state index contributed by atoms with van der Waals surface area (Å²) < 4.78 is 0. The van der Waals surface area contributed by atoms with Gasteiger partial charge in [-0.3, -0.25) is 4.98 Å². The van der Waals surface area contributed by atoms with Gasteiger partial charge < -0.3 is 0 Å². The van der Waals surface area contributed by atoms with Crippen molar-refractivity contribution in [1.82, 2.24) is 4.98 Å². The first-order valence-corrected chi connectivity index (χ1v) is 6.97. The Hall–Kier alpha value is -2.41. The van der Waals surface area contributed by atoms with E-state index in [4.69, 9.17) is 0 Å². The summed E-state index contributed by atoms with van der Waals surface area (Å²) in [6.07, 6.45) is 2.93. The van der Waals surface area contributed by atoms with Crippen molar-refractivity contribution in [3.8, 4) is 22.4 Å². The van der Waals surface area contributed by atoms with Gasteiger partial charge in [-0.1, -0.05) is 55.5 Å². The van der Waals surface area contributed by atoms with Crippen molar-refractivity contribution < 1.29 is 0 Å². The fraction of sp³-hybridized carbons (Fsp3) is 0.105. The van der Waals surface area contributed by atoms with Crippen molar-refractivity contribution in [3.63, 3.8) is 0 Å². The van der Waals surface area contributed by atoms with E-state index in [0.717, 1.165) is 12.1 Å². The molecule has 1 nitrogen and oxygen atoms in total. The maximum absolute atomic E-state index is 4.49. The minimum Gasteiger partial charge on any atom is -0.256 e. The Morgan fingerprint density at radius 2 is 1.50 bits per heavy atom. The molecule has 0 fully saturated rings. The monoisotopic (exact) mass is 259 g/mol.